The van der Waals surface area contributed by atoms with Gasteiger partial charge in [-0.25, -0.2) is 0 Å². The summed E-state index contributed by atoms with van der Waals surface area (Å²) in [5, 5.41) is 5.72. The van der Waals surface area contributed by atoms with Crippen LogP contribution in [0.3, 0.4) is 0 Å². The van der Waals surface area contributed by atoms with Crippen molar-refractivity contribution in [2.24, 2.45) is 0 Å². The highest BCUT2D eigenvalue weighted by Crippen LogP contribution is 2.24. The third-order valence-electron chi connectivity index (χ3n) is 4.49. The van der Waals surface area contributed by atoms with Gasteiger partial charge in [0.25, 0.3) is 5.91 Å². The summed E-state index contributed by atoms with van der Waals surface area (Å²) in [6.45, 7) is 5.71. The highest BCUT2D eigenvalue weighted by Gasteiger charge is 2.17. The molecule has 2 amide bonds. The molecule has 3 rings (SSSR count). The molecule has 0 saturated heterocycles. The number of benzene rings is 2. The zero-order valence-corrected chi connectivity index (χ0v) is 17.6. The molecule has 0 aliphatic heterocycles. The van der Waals surface area contributed by atoms with Gasteiger partial charge in [0.1, 0.15) is 0 Å². The molecule has 1 heterocycles. The lowest BCUT2D eigenvalue weighted by Crippen LogP contribution is -2.14. The summed E-state index contributed by atoms with van der Waals surface area (Å²) in [6, 6.07) is 17.0. The maximum Gasteiger partial charge on any atom is 0.257 e. The van der Waals surface area contributed by atoms with Gasteiger partial charge in [-0.05, 0) is 62.4 Å². The largest absolute Gasteiger partial charge is 0.326 e. The van der Waals surface area contributed by atoms with Crippen LogP contribution in [-0.2, 0) is 4.79 Å². The van der Waals surface area contributed by atoms with Crippen LogP contribution >= 0.6 is 15.9 Å². The number of rotatable bonds is 5. The number of halogens is 1. The molecule has 0 bridgehead atoms. The second kappa shape index (κ2) is 8.44. The average molecular weight is 440 g/mol. The number of nitrogens with zero attached hydrogens (tertiary/aromatic N) is 1. The molecule has 1 aromatic heterocycles. The summed E-state index contributed by atoms with van der Waals surface area (Å²) in [4.78, 5) is 24.4. The number of carbonyl (C=O) groups excluding carboxylic acids is 2. The first-order chi connectivity index (χ1) is 13.4. The third kappa shape index (κ3) is 4.34. The molecule has 0 aliphatic carbocycles. The lowest BCUT2D eigenvalue weighted by Gasteiger charge is -2.11. The van der Waals surface area contributed by atoms with Crippen LogP contribution in [0.1, 0.15) is 35.1 Å². The van der Waals surface area contributed by atoms with Gasteiger partial charge in [0.15, 0.2) is 0 Å². The van der Waals surface area contributed by atoms with E-state index in [2.05, 4.69) is 31.1 Å². The first-order valence-corrected chi connectivity index (χ1v) is 9.84. The highest BCUT2D eigenvalue weighted by atomic mass is 79.9. The molecule has 0 radical (unpaired) electrons. The maximum atomic E-state index is 12.9. The molecule has 3 aromatic rings. The van der Waals surface area contributed by atoms with Crippen molar-refractivity contribution in [3.8, 4) is 5.69 Å². The summed E-state index contributed by atoms with van der Waals surface area (Å²) in [6.07, 6.45) is 0.401. The van der Waals surface area contributed by atoms with E-state index in [1.165, 1.54) is 0 Å². The van der Waals surface area contributed by atoms with Crippen LogP contribution in [0.2, 0.25) is 0 Å². The van der Waals surface area contributed by atoms with Gasteiger partial charge >= 0.3 is 0 Å². The van der Waals surface area contributed by atoms with Crippen molar-refractivity contribution in [3.05, 3.63) is 76.0 Å². The second-order valence-electron chi connectivity index (χ2n) is 6.53. The number of hydrogen-bond donors (Lipinski definition) is 2. The van der Waals surface area contributed by atoms with E-state index in [1.807, 2.05) is 44.2 Å². The fourth-order valence-corrected chi connectivity index (χ4v) is 3.37. The average Bonchev–Trinajstić information content (AvgIpc) is 2.97. The topological polar surface area (TPSA) is 63.1 Å². The van der Waals surface area contributed by atoms with Crippen molar-refractivity contribution in [2.45, 2.75) is 27.2 Å². The number of aromatic nitrogens is 1. The Hall–Kier alpha value is -2.86. The monoisotopic (exact) mass is 439 g/mol. The number of amides is 2. The number of aryl methyl sites for hydroxylation is 1. The van der Waals surface area contributed by atoms with Crippen molar-refractivity contribution < 1.29 is 9.59 Å². The molecule has 0 atom stereocenters. The Morgan fingerprint density at radius 3 is 2.25 bits per heavy atom. The van der Waals surface area contributed by atoms with Gasteiger partial charge in [0.05, 0.1) is 5.56 Å². The van der Waals surface area contributed by atoms with Crippen LogP contribution in [0.5, 0.6) is 0 Å². The zero-order chi connectivity index (χ0) is 20.3. The van der Waals surface area contributed by atoms with Gasteiger partial charge in [0.2, 0.25) is 5.91 Å². The second-order valence-corrected chi connectivity index (χ2v) is 7.45. The predicted octanol–water partition coefficient (Wildman–Crippen LogP) is 5.46. The summed E-state index contributed by atoms with van der Waals surface area (Å²) in [5.41, 5.74) is 4.75. The van der Waals surface area contributed by atoms with Crippen molar-refractivity contribution in [1.82, 2.24) is 4.57 Å². The molecule has 28 heavy (non-hydrogen) atoms. The van der Waals surface area contributed by atoms with Crippen molar-refractivity contribution >= 4 is 39.1 Å². The highest BCUT2D eigenvalue weighted by molar-refractivity contribution is 9.10. The molecule has 0 unspecified atom stereocenters. The van der Waals surface area contributed by atoms with Crippen LogP contribution in [0.15, 0.2) is 59.1 Å². The van der Waals surface area contributed by atoms with E-state index in [4.69, 9.17) is 0 Å². The zero-order valence-electron chi connectivity index (χ0n) is 16.0. The predicted molar refractivity (Wildman–Crippen MR) is 116 cm³/mol. The quantitative estimate of drug-likeness (QED) is 0.554. The fraction of sp³-hybridized carbons (Fsp3) is 0.182. The molecule has 0 aliphatic rings. The van der Waals surface area contributed by atoms with Gasteiger partial charge < -0.3 is 15.2 Å². The van der Waals surface area contributed by atoms with Gasteiger partial charge in [-0.3, -0.25) is 9.59 Å². The van der Waals surface area contributed by atoms with Crippen molar-refractivity contribution in [2.75, 3.05) is 10.6 Å². The summed E-state index contributed by atoms with van der Waals surface area (Å²) >= 11 is 3.45. The van der Waals surface area contributed by atoms with E-state index < -0.39 is 0 Å². The smallest absolute Gasteiger partial charge is 0.257 e. The molecular formula is C22H22BrN3O2. The Morgan fingerprint density at radius 2 is 1.61 bits per heavy atom. The summed E-state index contributed by atoms with van der Waals surface area (Å²) < 4.78 is 3.06. The number of hydrogen-bond acceptors (Lipinski definition) is 2. The maximum absolute atomic E-state index is 12.9. The van der Waals surface area contributed by atoms with Crippen LogP contribution < -0.4 is 10.6 Å². The molecule has 5 nitrogen and oxygen atoms in total. The van der Waals surface area contributed by atoms with Crippen LogP contribution in [0.25, 0.3) is 5.69 Å². The minimum atomic E-state index is -0.185. The molecule has 2 aromatic carbocycles. The first-order valence-electron chi connectivity index (χ1n) is 9.05. The Morgan fingerprint density at radius 1 is 0.964 bits per heavy atom. The van der Waals surface area contributed by atoms with E-state index in [0.29, 0.717) is 23.4 Å². The molecule has 0 fully saturated rings. The van der Waals surface area contributed by atoms with Gasteiger partial charge in [0, 0.05) is 39.3 Å². The molecule has 6 heteroatoms. The van der Waals surface area contributed by atoms with Crippen LogP contribution in [0.4, 0.5) is 11.4 Å². The van der Waals surface area contributed by atoms with Gasteiger partial charge in [-0.15, -0.1) is 0 Å². The van der Waals surface area contributed by atoms with Crippen LogP contribution in [-0.4, -0.2) is 16.4 Å². The van der Waals surface area contributed by atoms with E-state index in [1.54, 1.807) is 31.2 Å². The molecular weight excluding hydrogens is 418 g/mol. The normalized spacial score (nSPS) is 10.6. The molecule has 2 N–H and O–H groups in total. The van der Waals surface area contributed by atoms with E-state index in [-0.39, 0.29) is 11.8 Å². The Kier molecular flexibility index (Phi) is 5.99. The van der Waals surface area contributed by atoms with Gasteiger partial charge in [-0.1, -0.05) is 28.9 Å². The van der Waals surface area contributed by atoms with Crippen molar-refractivity contribution in [3.63, 3.8) is 0 Å². The SMILES string of the molecule is CCC(=O)Nc1cccc(NC(=O)c2cc(C)n(-c3ccc(Br)cc3)c2C)c1. The van der Waals surface area contributed by atoms with E-state index >= 15 is 0 Å². The molecule has 0 spiro atoms. The fourth-order valence-electron chi connectivity index (χ4n) is 3.10. The Balaban J connectivity index is 1.84. The lowest BCUT2D eigenvalue weighted by atomic mass is 10.2. The first kappa shape index (κ1) is 19.9. The van der Waals surface area contributed by atoms with Crippen LogP contribution in [0, 0.1) is 13.8 Å². The Bertz CT molecular complexity index is 1020. The number of nitrogens with one attached hydrogen (secondary N) is 2. The summed E-state index contributed by atoms with van der Waals surface area (Å²) in [7, 11) is 0. The lowest BCUT2D eigenvalue weighted by molar-refractivity contribution is -0.115. The summed E-state index contributed by atoms with van der Waals surface area (Å²) in [5.74, 6) is -0.253. The molecule has 144 valence electrons. The number of carbonyl (C=O) groups is 2. The van der Waals surface area contributed by atoms with Gasteiger partial charge in [-0.2, -0.15) is 0 Å². The minimum Gasteiger partial charge on any atom is -0.326 e. The minimum absolute atomic E-state index is 0.0680. The standard InChI is InChI=1S/C22H22BrN3O2/c1-4-21(27)24-17-6-5-7-18(13-17)25-22(28)20-12-14(2)26(15(20)3)19-10-8-16(23)9-11-19/h5-13H,4H2,1-3H3,(H,24,27)(H,25,28). The third-order valence-corrected chi connectivity index (χ3v) is 5.01. The van der Waals surface area contributed by atoms with E-state index in [0.717, 1.165) is 21.5 Å². The van der Waals surface area contributed by atoms with E-state index in [9.17, 15) is 9.59 Å². The molecule has 0 saturated carbocycles. The number of anilines is 2. The Labute approximate surface area is 172 Å². The van der Waals surface area contributed by atoms with Crippen molar-refractivity contribution in [1.29, 1.82) is 0 Å².